The van der Waals surface area contributed by atoms with Gasteiger partial charge >= 0.3 is 220 Å². The zero-order valence-electron chi connectivity index (χ0n) is 63.2. The van der Waals surface area contributed by atoms with Crippen molar-refractivity contribution in [3.05, 3.63) is 495 Å². The van der Waals surface area contributed by atoms with Crippen LogP contribution in [0.15, 0.2) is 418 Å². The molecule has 3 N–H and O–H groups in total. The third kappa shape index (κ3) is 20.0. The van der Waals surface area contributed by atoms with E-state index in [0.29, 0.717) is 24.2 Å². The zero-order chi connectivity index (χ0) is 81.6. The van der Waals surface area contributed by atoms with E-state index in [1.807, 2.05) is 72.8 Å². The summed E-state index contributed by atoms with van der Waals surface area (Å²) >= 11 is 9.53. The SMILES string of the molecule is ClCCl.O=C(c1cc(C(F)(F)F)cc(C(F)(F)F)c1)N1C(c2ccccc2)C1c1ccccc1.[N-]=[N+]=NC(c1ccccc1)[C@H](O)c1ccccc1.c1ccc(C2NC2c2ccccc2)cc1.c1ccc(C2NP(c3ccccc3)(c3ccccc3)(c3ccccc3)OC2c2ccccc2)cc1.c1ccc(C2OC2c2ccccc2)cc1. The number of hydrogen-bond donors (Lipinski definition) is 3. The zero-order valence-corrected chi connectivity index (χ0v) is 65.6. The Balaban J connectivity index is 0.000000131. The number of carbonyl (C=O) groups excluding carboxylic acids is 1. The van der Waals surface area contributed by atoms with Gasteiger partial charge < -0.3 is 14.7 Å². The van der Waals surface area contributed by atoms with Crippen LogP contribution < -0.4 is 26.3 Å². The average molecular weight is 1620 g/mol. The molecule has 4 saturated heterocycles. The molecule has 1 amide bonds. The molecule has 4 heterocycles. The van der Waals surface area contributed by atoms with Gasteiger partial charge in [-0.2, -0.15) is 26.3 Å². The Labute approximate surface area is 687 Å². The summed E-state index contributed by atoms with van der Waals surface area (Å²) in [5.41, 5.74) is 15.7. The smallest absolute Gasteiger partial charge is 0.114 e. The van der Waals surface area contributed by atoms with Gasteiger partial charge in [0, 0.05) is 10.5 Å². The van der Waals surface area contributed by atoms with Gasteiger partial charge in [0.25, 0.3) is 5.91 Å². The number of azide groups is 1. The number of amides is 1. The van der Waals surface area contributed by atoms with Crippen LogP contribution >= 0.6 is 30.2 Å². The van der Waals surface area contributed by atoms with Crippen molar-refractivity contribution in [2.75, 3.05) is 5.34 Å². The first kappa shape index (κ1) is 83.2. The van der Waals surface area contributed by atoms with Crippen LogP contribution in [0, 0.1) is 0 Å². The fourth-order valence-electron chi connectivity index (χ4n) is 14.9. The molecule has 0 spiro atoms. The first-order valence-corrected chi connectivity index (χ1v) is 41.3. The van der Waals surface area contributed by atoms with Crippen molar-refractivity contribution in [2.45, 2.75) is 73.0 Å². The van der Waals surface area contributed by atoms with Crippen molar-refractivity contribution in [1.29, 1.82) is 0 Å². The van der Waals surface area contributed by atoms with Crippen LogP contribution in [0.1, 0.15) is 138 Å². The molecule has 0 aliphatic carbocycles. The summed E-state index contributed by atoms with van der Waals surface area (Å²) in [4.78, 5) is 17.3. The molecule has 117 heavy (non-hydrogen) atoms. The van der Waals surface area contributed by atoms with Gasteiger partial charge in [0.15, 0.2) is 0 Å². The predicted octanol–water partition coefficient (Wildman–Crippen LogP) is 24.9. The van der Waals surface area contributed by atoms with Crippen molar-refractivity contribution >= 4 is 52.0 Å². The second-order valence-corrected chi connectivity index (χ2v) is 32.9. The van der Waals surface area contributed by atoms with Crippen molar-refractivity contribution in [2.24, 2.45) is 5.11 Å². The van der Waals surface area contributed by atoms with E-state index in [1.54, 1.807) is 60.7 Å². The van der Waals surface area contributed by atoms with E-state index in [9.17, 15) is 36.2 Å². The molecule has 10 atom stereocenters. The number of rotatable bonds is 16. The minimum atomic E-state index is -5.02. The number of carbonyl (C=O) groups is 1. The number of epoxide rings is 1. The van der Waals surface area contributed by atoms with Crippen LogP contribution in [0.4, 0.5) is 26.3 Å². The Morgan fingerprint density at radius 1 is 0.402 bits per heavy atom. The molecule has 0 saturated carbocycles. The summed E-state index contributed by atoms with van der Waals surface area (Å²) in [5.74, 6) is -0.890. The summed E-state index contributed by atoms with van der Waals surface area (Å²) in [5, 5.41) is 25.5. The normalized spacial score (nSPS) is 19.7. The maximum Gasteiger partial charge on any atom is 0.114 e. The van der Waals surface area contributed by atoms with E-state index in [2.05, 4.69) is 281 Å². The molecule has 0 aromatic heterocycles. The largest absolute Gasteiger partial charge is 0.359 e. The van der Waals surface area contributed by atoms with Crippen molar-refractivity contribution in [1.82, 2.24) is 15.3 Å². The van der Waals surface area contributed by atoms with Crippen molar-refractivity contribution in [3.63, 3.8) is 0 Å². The first-order valence-electron chi connectivity index (χ1n) is 38.1. The van der Waals surface area contributed by atoms with E-state index < -0.39 is 66.2 Å². The van der Waals surface area contributed by atoms with Crippen LogP contribution in [0.2, 0.25) is 0 Å². The fraction of sp³-hybridized carbons (Fsp3) is 0.133. The van der Waals surface area contributed by atoms with Gasteiger partial charge in [0.2, 0.25) is 0 Å². The standard InChI is InChI=1S/C32H28NOP.C23H15F6NO.C14H13N3O.C14H13N.C14H12O.CH2Cl2/c1-6-16-26(17-7-1)31-32(27-18-8-2-9-19-27)34-35(33-31,28-20-10-3-11-21-28,29-22-12-4-13-23-29)30-24-14-5-15-25-30;24-22(25,26)17-11-16(12-18(13-17)23(27,28)29)21(31)30-19(14-7-3-1-4-8-14)20(30)15-9-5-2-6-10-15;15-17-16-13(11-7-3-1-4-8-11)14(18)12-9-5-2-6-10-12;2*1-3-7-11(8-4-1)13-14(15-13)12-9-5-2-6-10-12;2-1-3/h1-25,31-33H;1-13,19-20H;1-10,13-14,18H;1-10,13-15H;1-10,13-14H;1H2/t;;13?,14-;;;/m..1.../s1. The summed E-state index contributed by atoms with van der Waals surface area (Å²) in [6, 6.07) is 132. The molecular formula is C98H83Cl2F6N6O4P. The monoisotopic (exact) mass is 1620 g/mol. The average Bonchev–Trinajstić information content (AvgIpc) is 1.55. The molecule has 19 heteroatoms. The van der Waals surface area contributed by atoms with E-state index in [4.69, 9.17) is 38.0 Å². The molecule has 4 fully saturated rings. The fourth-order valence-corrected chi connectivity index (χ4v) is 20.4. The Kier molecular flexibility index (Phi) is 27.6. The Bertz CT molecular complexity index is 5050. The second kappa shape index (κ2) is 38.8. The number of nitrogens with one attached hydrogen (secondary N) is 2. The number of aliphatic hydroxyl groups excluding tert-OH is 1. The van der Waals surface area contributed by atoms with Gasteiger partial charge in [-0.25, -0.2) is 0 Å². The third-order valence-corrected chi connectivity index (χ3v) is 25.9. The summed E-state index contributed by atoms with van der Waals surface area (Å²) in [6.07, 6.45) is -10.5. The molecule has 4 aliphatic rings. The van der Waals surface area contributed by atoms with Gasteiger partial charge in [-0.3, -0.25) is 10.1 Å². The molecule has 10 nitrogen and oxygen atoms in total. The quantitative estimate of drug-likeness (QED) is 0.0167. The van der Waals surface area contributed by atoms with Crippen LogP contribution in [0.5, 0.6) is 0 Å². The molecule has 590 valence electrons. The first-order chi connectivity index (χ1) is 57.0. The number of aliphatic hydroxyl groups is 1. The maximum absolute atomic E-state index is 13.2. The van der Waals surface area contributed by atoms with E-state index >= 15 is 0 Å². The molecular weight excluding hydrogens is 1540 g/mol. The second-order valence-electron chi connectivity index (χ2n) is 28.0. The minimum Gasteiger partial charge on any atom is -0.359 e. The summed E-state index contributed by atoms with van der Waals surface area (Å²) < 4.78 is 92.6. The Morgan fingerprint density at radius 2 is 0.675 bits per heavy atom. The maximum atomic E-state index is 13.2. The van der Waals surface area contributed by atoms with Gasteiger partial charge in [-0.05, 0) is 68.2 Å². The van der Waals surface area contributed by atoms with Gasteiger partial charge in [0.05, 0.1) is 52.8 Å². The Hall–Kier alpha value is -11.8. The van der Waals surface area contributed by atoms with Crippen LogP contribution in [-0.4, -0.2) is 21.3 Å². The number of benzene rings is 14. The van der Waals surface area contributed by atoms with Crippen LogP contribution in [0.25, 0.3) is 10.4 Å². The minimum absolute atomic E-state index is 0.0162. The van der Waals surface area contributed by atoms with Crippen LogP contribution in [0.3, 0.4) is 0 Å². The van der Waals surface area contributed by atoms with Crippen molar-refractivity contribution in [3.8, 4) is 0 Å². The predicted molar refractivity (Wildman–Crippen MR) is 456 cm³/mol. The molecule has 18 rings (SSSR count). The molecule has 14 aromatic rings. The summed E-state index contributed by atoms with van der Waals surface area (Å²) in [6.45, 7) is -3.58. The van der Waals surface area contributed by atoms with E-state index in [1.165, 1.54) is 54.2 Å². The van der Waals surface area contributed by atoms with E-state index in [-0.39, 0.29) is 35.8 Å². The molecule has 4 aliphatic heterocycles. The Morgan fingerprint density at radius 3 is 0.991 bits per heavy atom. The van der Waals surface area contributed by atoms with E-state index in [0.717, 1.165) is 22.3 Å². The topological polar surface area (TPSA) is 145 Å². The number of nitrogens with zero attached hydrogens (tertiary/aromatic N) is 4. The number of hydrogen-bond acceptors (Lipinski definition) is 7. The van der Waals surface area contributed by atoms with Crippen molar-refractivity contribution < 1.29 is 45.5 Å². The number of alkyl halides is 8. The van der Waals surface area contributed by atoms with Crippen LogP contribution in [-0.2, 0) is 21.6 Å². The molecule has 0 radical (unpaired) electrons. The van der Waals surface area contributed by atoms with Gasteiger partial charge in [-0.1, -0.05) is 248 Å². The molecule has 14 aromatic carbocycles. The number of halogens is 8. The van der Waals surface area contributed by atoms with Gasteiger partial charge in [-0.15, -0.1) is 23.2 Å². The molecule has 9 unspecified atom stereocenters. The van der Waals surface area contributed by atoms with Gasteiger partial charge in [0.1, 0.15) is 12.2 Å². The number of ether oxygens (including phenoxy) is 1. The third-order valence-electron chi connectivity index (χ3n) is 20.6. The molecule has 0 bridgehead atoms. The summed E-state index contributed by atoms with van der Waals surface area (Å²) in [7, 11) is 0.